The molecule has 0 bridgehead atoms. The maximum absolute atomic E-state index is 11.2. The molecule has 6 heteroatoms. The number of thioether (sulfide) groups is 1. The molecular weight excluding hydrogens is 228 g/mol. The molecule has 16 heavy (non-hydrogen) atoms. The van der Waals surface area contributed by atoms with Crippen molar-refractivity contribution in [3.05, 3.63) is 18.2 Å². The van der Waals surface area contributed by atoms with E-state index in [4.69, 9.17) is 5.11 Å². The molecule has 1 aliphatic rings. The first-order chi connectivity index (χ1) is 7.65. The standard InChI is InChI=1S/C10H10N2O3S/c13-9-5-16-8-2-1-6(3-7(8)12-9)11-4-10(14)15/h1-3,11H,4-5H2,(H,12,13)(H,14,15). The van der Waals surface area contributed by atoms with Gasteiger partial charge in [0.05, 0.1) is 11.4 Å². The smallest absolute Gasteiger partial charge is 0.322 e. The summed E-state index contributed by atoms with van der Waals surface area (Å²) in [5.74, 6) is -0.529. The van der Waals surface area contributed by atoms with Gasteiger partial charge in [-0.2, -0.15) is 0 Å². The third-order valence-corrected chi connectivity index (χ3v) is 3.13. The average molecular weight is 238 g/mol. The molecule has 1 aliphatic heterocycles. The number of carboxylic acids is 1. The maximum atomic E-state index is 11.2. The van der Waals surface area contributed by atoms with E-state index in [9.17, 15) is 9.59 Å². The van der Waals surface area contributed by atoms with E-state index < -0.39 is 5.97 Å². The van der Waals surface area contributed by atoms with Crippen LogP contribution < -0.4 is 10.6 Å². The number of carbonyl (C=O) groups is 2. The molecule has 0 aliphatic carbocycles. The van der Waals surface area contributed by atoms with Crippen molar-refractivity contribution < 1.29 is 14.7 Å². The van der Waals surface area contributed by atoms with Crippen LogP contribution >= 0.6 is 11.8 Å². The van der Waals surface area contributed by atoms with E-state index >= 15 is 0 Å². The number of rotatable bonds is 3. The lowest BCUT2D eigenvalue weighted by atomic mass is 10.2. The summed E-state index contributed by atoms with van der Waals surface area (Å²) >= 11 is 1.47. The van der Waals surface area contributed by atoms with Gasteiger partial charge in [-0.25, -0.2) is 0 Å². The summed E-state index contributed by atoms with van der Waals surface area (Å²) < 4.78 is 0. The summed E-state index contributed by atoms with van der Waals surface area (Å²) in [6.07, 6.45) is 0. The summed E-state index contributed by atoms with van der Waals surface area (Å²) in [6.45, 7) is -0.139. The lowest BCUT2D eigenvalue weighted by Crippen LogP contribution is -2.19. The van der Waals surface area contributed by atoms with E-state index in [1.54, 1.807) is 12.1 Å². The van der Waals surface area contributed by atoms with Crippen molar-refractivity contribution in [1.29, 1.82) is 0 Å². The molecule has 3 N–H and O–H groups in total. The number of anilines is 2. The quantitative estimate of drug-likeness (QED) is 0.738. The third-order valence-electron chi connectivity index (χ3n) is 2.06. The number of carbonyl (C=O) groups excluding carboxylic acids is 1. The summed E-state index contributed by atoms with van der Waals surface area (Å²) in [4.78, 5) is 22.5. The van der Waals surface area contributed by atoms with Crippen molar-refractivity contribution in [2.75, 3.05) is 22.9 Å². The van der Waals surface area contributed by atoms with Gasteiger partial charge in [0.25, 0.3) is 0 Å². The Labute approximate surface area is 96.2 Å². The van der Waals surface area contributed by atoms with E-state index in [1.165, 1.54) is 11.8 Å². The molecule has 0 unspecified atom stereocenters. The topological polar surface area (TPSA) is 78.4 Å². The van der Waals surface area contributed by atoms with Gasteiger partial charge in [0.2, 0.25) is 5.91 Å². The number of benzene rings is 1. The highest BCUT2D eigenvalue weighted by Gasteiger charge is 2.15. The molecule has 1 heterocycles. The second kappa shape index (κ2) is 4.44. The molecule has 2 rings (SSSR count). The molecule has 0 fully saturated rings. The second-order valence-corrected chi connectivity index (χ2v) is 4.31. The Morgan fingerprint density at radius 3 is 3.12 bits per heavy atom. The Kier molecular flexibility index (Phi) is 3.00. The summed E-state index contributed by atoms with van der Waals surface area (Å²) in [7, 11) is 0. The van der Waals surface area contributed by atoms with Gasteiger partial charge in [0.1, 0.15) is 6.54 Å². The fourth-order valence-corrected chi connectivity index (χ4v) is 2.16. The van der Waals surface area contributed by atoms with Crippen LogP contribution in [0.3, 0.4) is 0 Å². The number of fused-ring (bicyclic) bond motifs is 1. The van der Waals surface area contributed by atoms with E-state index in [0.29, 0.717) is 11.4 Å². The summed E-state index contributed by atoms with van der Waals surface area (Å²) in [5, 5.41) is 14.0. The molecule has 84 valence electrons. The predicted octanol–water partition coefficient (Wildman–Crippen LogP) is 1.23. The van der Waals surface area contributed by atoms with Crippen LogP contribution in [-0.2, 0) is 9.59 Å². The first-order valence-corrected chi connectivity index (χ1v) is 5.66. The zero-order valence-electron chi connectivity index (χ0n) is 8.32. The number of hydrogen-bond donors (Lipinski definition) is 3. The van der Waals surface area contributed by atoms with Gasteiger partial charge in [0.15, 0.2) is 0 Å². The molecule has 1 aromatic carbocycles. The predicted molar refractivity (Wildman–Crippen MR) is 61.9 cm³/mol. The number of aliphatic carboxylic acids is 1. The van der Waals surface area contributed by atoms with Gasteiger partial charge in [-0.05, 0) is 18.2 Å². The Hall–Kier alpha value is -1.69. The van der Waals surface area contributed by atoms with E-state index in [1.807, 2.05) is 6.07 Å². The minimum Gasteiger partial charge on any atom is -0.480 e. The maximum Gasteiger partial charge on any atom is 0.322 e. The Morgan fingerprint density at radius 1 is 1.56 bits per heavy atom. The van der Waals surface area contributed by atoms with E-state index in [0.717, 1.165) is 10.6 Å². The minimum absolute atomic E-state index is 0.0344. The zero-order chi connectivity index (χ0) is 11.5. The molecule has 0 radical (unpaired) electrons. The van der Waals surface area contributed by atoms with Gasteiger partial charge in [0, 0.05) is 10.6 Å². The van der Waals surface area contributed by atoms with Crippen molar-refractivity contribution in [2.45, 2.75) is 4.90 Å². The molecule has 0 saturated heterocycles. The largest absolute Gasteiger partial charge is 0.480 e. The SMILES string of the molecule is O=C(O)CNc1ccc2c(c1)NC(=O)CS2. The van der Waals surface area contributed by atoms with Crippen LogP contribution in [0.25, 0.3) is 0 Å². The number of nitrogens with one attached hydrogen (secondary N) is 2. The van der Waals surface area contributed by atoms with Crippen molar-refractivity contribution >= 4 is 35.0 Å². The Morgan fingerprint density at radius 2 is 2.38 bits per heavy atom. The van der Waals surface area contributed by atoms with Crippen LogP contribution in [0.4, 0.5) is 11.4 Å². The highest BCUT2D eigenvalue weighted by Crippen LogP contribution is 2.33. The molecule has 1 aromatic rings. The second-order valence-electron chi connectivity index (χ2n) is 3.30. The zero-order valence-corrected chi connectivity index (χ0v) is 9.13. The molecule has 5 nitrogen and oxygen atoms in total. The lowest BCUT2D eigenvalue weighted by molar-refractivity contribution is -0.135. The van der Waals surface area contributed by atoms with Crippen LogP contribution in [0.1, 0.15) is 0 Å². The van der Waals surface area contributed by atoms with Gasteiger partial charge < -0.3 is 15.7 Å². The average Bonchev–Trinajstić information content (AvgIpc) is 2.25. The number of amides is 1. The summed E-state index contributed by atoms with van der Waals surface area (Å²) in [5.41, 5.74) is 1.42. The highest BCUT2D eigenvalue weighted by atomic mass is 32.2. The minimum atomic E-state index is -0.920. The van der Waals surface area contributed by atoms with Crippen molar-refractivity contribution in [3.63, 3.8) is 0 Å². The monoisotopic (exact) mass is 238 g/mol. The van der Waals surface area contributed by atoms with Gasteiger partial charge in [-0.1, -0.05) is 0 Å². The molecule has 0 saturated carbocycles. The third kappa shape index (κ3) is 2.46. The Bertz CT molecular complexity index is 448. The molecule has 0 atom stereocenters. The van der Waals surface area contributed by atoms with Crippen LogP contribution in [0.15, 0.2) is 23.1 Å². The molecule has 0 aromatic heterocycles. The Balaban J connectivity index is 2.14. The first kappa shape index (κ1) is 10.8. The van der Waals surface area contributed by atoms with Crippen LogP contribution in [-0.4, -0.2) is 29.3 Å². The molecular formula is C10H10N2O3S. The number of carboxylic acid groups (broad SMARTS) is 1. The highest BCUT2D eigenvalue weighted by molar-refractivity contribution is 8.00. The molecule has 0 spiro atoms. The normalized spacial score (nSPS) is 13.9. The molecule has 1 amide bonds. The van der Waals surface area contributed by atoms with Gasteiger partial charge in [-0.3, -0.25) is 9.59 Å². The van der Waals surface area contributed by atoms with E-state index in [-0.39, 0.29) is 12.5 Å². The van der Waals surface area contributed by atoms with Crippen LogP contribution in [0, 0.1) is 0 Å². The first-order valence-electron chi connectivity index (χ1n) is 4.67. The summed E-state index contributed by atoms with van der Waals surface area (Å²) in [6, 6.07) is 5.40. The van der Waals surface area contributed by atoms with Crippen molar-refractivity contribution in [1.82, 2.24) is 0 Å². The fourth-order valence-electron chi connectivity index (χ4n) is 1.37. The van der Waals surface area contributed by atoms with Crippen LogP contribution in [0.2, 0.25) is 0 Å². The fraction of sp³-hybridized carbons (Fsp3) is 0.200. The van der Waals surface area contributed by atoms with Crippen molar-refractivity contribution in [3.8, 4) is 0 Å². The van der Waals surface area contributed by atoms with Crippen LogP contribution in [0.5, 0.6) is 0 Å². The van der Waals surface area contributed by atoms with Gasteiger partial charge in [-0.15, -0.1) is 11.8 Å². The van der Waals surface area contributed by atoms with E-state index in [2.05, 4.69) is 10.6 Å². The number of hydrogen-bond acceptors (Lipinski definition) is 4. The van der Waals surface area contributed by atoms with Gasteiger partial charge >= 0.3 is 5.97 Å². The lowest BCUT2D eigenvalue weighted by Gasteiger charge is -2.17. The van der Waals surface area contributed by atoms with Crippen molar-refractivity contribution in [2.24, 2.45) is 0 Å².